The lowest BCUT2D eigenvalue weighted by Gasteiger charge is -2.26. The first kappa shape index (κ1) is 23.6. The molecule has 0 bridgehead atoms. The highest BCUT2D eigenvalue weighted by molar-refractivity contribution is 6.04. The van der Waals surface area contributed by atoms with E-state index in [4.69, 9.17) is 4.74 Å². The van der Waals surface area contributed by atoms with Crippen LogP contribution < -0.4 is 10.2 Å². The van der Waals surface area contributed by atoms with E-state index in [1.165, 1.54) is 0 Å². The Balaban J connectivity index is 1.29. The predicted octanol–water partition coefficient (Wildman–Crippen LogP) is 3.87. The molecule has 2 aliphatic heterocycles. The Kier molecular flexibility index (Phi) is 5.78. The van der Waals surface area contributed by atoms with E-state index in [0.29, 0.717) is 30.0 Å². The number of rotatable bonds is 4. The molecule has 0 spiro atoms. The second-order valence-corrected chi connectivity index (χ2v) is 10.1. The van der Waals surface area contributed by atoms with Gasteiger partial charge in [-0.05, 0) is 75.2 Å². The number of amides is 2. The number of benzene rings is 2. The van der Waals surface area contributed by atoms with Crippen molar-refractivity contribution in [3.8, 4) is 0 Å². The fourth-order valence-corrected chi connectivity index (χ4v) is 4.46. The minimum absolute atomic E-state index is 0.0541. The van der Waals surface area contributed by atoms with Gasteiger partial charge in [0, 0.05) is 43.0 Å². The molecule has 9 heteroatoms. The standard InChI is InChI=1S/C27H29N5O4/c1-27(2,3)36-26(35)18-7-5-17(6-8-18)24(33)28-22-16-23-31(13-14-32(23)29-22)20-9-10-21-19(15-20)11-12-30(4)25(21)34/h5-10,15-16H,11-14H2,1-4H3,(H,28,29,33). The van der Waals surface area contributed by atoms with Crippen LogP contribution in [0.3, 0.4) is 0 Å². The van der Waals surface area contributed by atoms with Crippen molar-refractivity contribution in [1.82, 2.24) is 14.7 Å². The molecule has 2 amide bonds. The number of hydrogen-bond acceptors (Lipinski definition) is 6. The van der Waals surface area contributed by atoms with Gasteiger partial charge in [0.1, 0.15) is 11.4 Å². The molecular weight excluding hydrogens is 458 g/mol. The van der Waals surface area contributed by atoms with E-state index in [1.807, 2.05) is 29.9 Å². The van der Waals surface area contributed by atoms with Crippen LogP contribution >= 0.6 is 0 Å². The Bertz CT molecular complexity index is 1350. The van der Waals surface area contributed by atoms with Gasteiger partial charge >= 0.3 is 5.97 Å². The third-order valence-corrected chi connectivity index (χ3v) is 6.29. The molecule has 5 rings (SSSR count). The molecule has 0 fully saturated rings. The molecule has 1 aromatic heterocycles. The van der Waals surface area contributed by atoms with Gasteiger partial charge in [-0.15, -0.1) is 0 Å². The molecule has 3 aromatic rings. The fourth-order valence-electron chi connectivity index (χ4n) is 4.46. The van der Waals surface area contributed by atoms with Gasteiger partial charge in [0.15, 0.2) is 5.82 Å². The molecule has 9 nitrogen and oxygen atoms in total. The lowest BCUT2D eigenvalue weighted by atomic mass is 9.98. The second-order valence-electron chi connectivity index (χ2n) is 10.1. The van der Waals surface area contributed by atoms with Gasteiger partial charge in [-0.1, -0.05) is 0 Å². The zero-order valence-electron chi connectivity index (χ0n) is 20.9. The Morgan fingerprint density at radius 2 is 1.69 bits per heavy atom. The fraction of sp³-hybridized carbons (Fsp3) is 0.333. The van der Waals surface area contributed by atoms with Crippen molar-refractivity contribution in [2.75, 3.05) is 30.4 Å². The Hall–Kier alpha value is -4.14. The lowest BCUT2D eigenvalue weighted by Crippen LogP contribution is -2.34. The number of carbonyl (C=O) groups is 3. The van der Waals surface area contributed by atoms with E-state index in [0.717, 1.165) is 35.6 Å². The number of aromatic nitrogens is 2. The van der Waals surface area contributed by atoms with E-state index >= 15 is 0 Å². The molecule has 3 heterocycles. The summed E-state index contributed by atoms with van der Waals surface area (Å²) in [4.78, 5) is 41.3. The quantitative estimate of drug-likeness (QED) is 0.561. The maximum atomic E-state index is 12.8. The third-order valence-electron chi connectivity index (χ3n) is 6.29. The lowest BCUT2D eigenvalue weighted by molar-refractivity contribution is 0.00692. The Labute approximate surface area is 209 Å². The topological polar surface area (TPSA) is 96.8 Å². The van der Waals surface area contributed by atoms with Crippen LogP contribution in [0.1, 0.15) is 57.4 Å². The van der Waals surface area contributed by atoms with Crippen molar-refractivity contribution < 1.29 is 19.1 Å². The largest absolute Gasteiger partial charge is 0.456 e. The maximum Gasteiger partial charge on any atom is 0.338 e. The number of esters is 1. The minimum atomic E-state index is -0.588. The van der Waals surface area contributed by atoms with Crippen molar-refractivity contribution in [1.29, 1.82) is 0 Å². The number of carbonyl (C=O) groups excluding carboxylic acids is 3. The maximum absolute atomic E-state index is 12.8. The molecule has 0 atom stereocenters. The van der Waals surface area contributed by atoms with Gasteiger partial charge in [0.05, 0.1) is 12.1 Å². The number of nitrogens with one attached hydrogen (secondary N) is 1. The molecule has 0 saturated carbocycles. The molecule has 2 aliphatic rings. The number of fused-ring (bicyclic) bond motifs is 2. The summed E-state index contributed by atoms with van der Waals surface area (Å²) >= 11 is 0. The summed E-state index contributed by atoms with van der Waals surface area (Å²) in [6.07, 6.45) is 0.826. The summed E-state index contributed by atoms with van der Waals surface area (Å²) in [5, 5.41) is 7.38. The predicted molar refractivity (Wildman–Crippen MR) is 136 cm³/mol. The normalized spacial score (nSPS) is 14.9. The van der Waals surface area contributed by atoms with Crippen molar-refractivity contribution in [3.05, 3.63) is 70.8 Å². The molecule has 0 saturated heterocycles. The molecule has 0 aliphatic carbocycles. The summed E-state index contributed by atoms with van der Waals surface area (Å²) in [5.74, 6) is 0.637. The van der Waals surface area contributed by atoms with Gasteiger partial charge in [-0.2, -0.15) is 5.10 Å². The molecule has 2 aromatic carbocycles. The molecule has 36 heavy (non-hydrogen) atoms. The first-order valence-corrected chi connectivity index (χ1v) is 12.0. The first-order chi connectivity index (χ1) is 17.1. The van der Waals surface area contributed by atoms with E-state index in [-0.39, 0.29) is 11.8 Å². The van der Waals surface area contributed by atoms with Gasteiger partial charge < -0.3 is 19.9 Å². The smallest absolute Gasteiger partial charge is 0.338 e. The van der Waals surface area contributed by atoms with Crippen LogP contribution in [-0.2, 0) is 17.7 Å². The SMILES string of the molecule is CN1CCc2cc(N3CCn4nc(NC(=O)c5ccc(C(=O)OC(C)(C)C)cc5)cc43)ccc2C1=O. The van der Waals surface area contributed by atoms with Crippen LogP contribution in [0.25, 0.3) is 0 Å². The minimum Gasteiger partial charge on any atom is -0.456 e. The third kappa shape index (κ3) is 4.56. The van der Waals surface area contributed by atoms with Crippen LogP contribution in [0.15, 0.2) is 48.5 Å². The average Bonchev–Trinajstić information content (AvgIpc) is 3.40. The highest BCUT2D eigenvalue weighted by atomic mass is 16.6. The second kappa shape index (κ2) is 8.82. The molecule has 1 N–H and O–H groups in total. The monoisotopic (exact) mass is 487 g/mol. The van der Waals surface area contributed by atoms with E-state index in [9.17, 15) is 14.4 Å². The number of hydrogen-bond donors (Lipinski definition) is 1. The first-order valence-electron chi connectivity index (χ1n) is 12.0. The zero-order valence-corrected chi connectivity index (χ0v) is 20.9. The summed E-state index contributed by atoms with van der Waals surface area (Å²) in [6, 6.07) is 14.1. The van der Waals surface area contributed by atoms with Gasteiger partial charge in [0.25, 0.3) is 11.8 Å². The van der Waals surface area contributed by atoms with Crippen LogP contribution in [0.5, 0.6) is 0 Å². The van der Waals surface area contributed by atoms with Gasteiger partial charge in [-0.25, -0.2) is 9.48 Å². The summed E-state index contributed by atoms with van der Waals surface area (Å²) in [6.45, 7) is 7.58. The van der Waals surface area contributed by atoms with Gasteiger partial charge in [-0.3, -0.25) is 9.59 Å². The van der Waals surface area contributed by atoms with Crippen LogP contribution in [0.2, 0.25) is 0 Å². The highest BCUT2D eigenvalue weighted by Crippen LogP contribution is 2.34. The van der Waals surface area contributed by atoms with Crippen LogP contribution in [-0.4, -0.2) is 58.2 Å². The van der Waals surface area contributed by atoms with E-state index < -0.39 is 11.6 Å². The summed E-state index contributed by atoms with van der Waals surface area (Å²) in [7, 11) is 1.82. The number of anilines is 3. The van der Waals surface area contributed by atoms with Gasteiger partial charge in [0.2, 0.25) is 0 Å². The van der Waals surface area contributed by atoms with Crippen molar-refractivity contribution in [2.24, 2.45) is 0 Å². The molecule has 0 radical (unpaired) electrons. The summed E-state index contributed by atoms with van der Waals surface area (Å²) < 4.78 is 7.23. The molecular formula is C27H29N5O4. The highest BCUT2D eigenvalue weighted by Gasteiger charge is 2.27. The van der Waals surface area contributed by atoms with Crippen molar-refractivity contribution >= 4 is 35.1 Å². The van der Waals surface area contributed by atoms with Crippen LogP contribution in [0.4, 0.5) is 17.3 Å². The Morgan fingerprint density at radius 1 is 0.972 bits per heavy atom. The average molecular weight is 488 g/mol. The number of ether oxygens (including phenoxy) is 1. The van der Waals surface area contributed by atoms with Crippen molar-refractivity contribution in [3.63, 3.8) is 0 Å². The van der Waals surface area contributed by atoms with E-state index in [2.05, 4.69) is 21.4 Å². The van der Waals surface area contributed by atoms with E-state index in [1.54, 1.807) is 49.9 Å². The Morgan fingerprint density at radius 3 is 2.42 bits per heavy atom. The molecule has 186 valence electrons. The van der Waals surface area contributed by atoms with Crippen molar-refractivity contribution in [2.45, 2.75) is 39.3 Å². The number of likely N-dealkylation sites (N-methyl/N-ethyl adjacent to an activating group) is 1. The zero-order chi connectivity index (χ0) is 25.6. The number of nitrogens with zero attached hydrogens (tertiary/aromatic N) is 4. The molecule has 0 unspecified atom stereocenters. The van der Waals surface area contributed by atoms with Crippen LogP contribution in [0, 0.1) is 0 Å². The summed E-state index contributed by atoms with van der Waals surface area (Å²) in [5.41, 5.74) is 3.02.